The number of azide groups is 1. The third-order valence-corrected chi connectivity index (χ3v) is 5.07. The van der Waals surface area contributed by atoms with E-state index in [1.807, 2.05) is 0 Å². The van der Waals surface area contributed by atoms with Gasteiger partial charge in [-0.15, -0.1) is 0 Å². The molecule has 0 saturated heterocycles. The molecule has 1 heterocycles. The predicted molar refractivity (Wildman–Crippen MR) is 115 cm³/mol. The molecule has 0 bridgehead atoms. The number of hydrogen-bond acceptors (Lipinski definition) is 7. The lowest BCUT2D eigenvalue weighted by atomic mass is 9.77. The number of likely N-dealkylation sites (N-methyl/N-ethyl adjacent to an activating group) is 1. The van der Waals surface area contributed by atoms with Crippen molar-refractivity contribution in [3.63, 3.8) is 0 Å². The largest absolute Gasteiger partial charge is 0.481 e. The van der Waals surface area contributed by atoms with Crippen LogP contribution in [0.1, 0.15) is 31.7 Å². The van der Waals surface area contributed by atoms with Crippen molar-refractivity contribution in [3.05, 3.63) is 61.8 Å². The lowest BCUT2D eigenvalue weighted by Gasteiger charge is -2.36. The van der Waals surface area contributed by atoms with E-state index in [-0.39, 0.29) is 32.0 Å². The molecule has 32 heavy (non-hydrogen) atoms. The molecule has 2 unspecified atom stereocenters. The predicted octanol–water partition coefficient (Wildman–Crippen LogP) is 3.26. The Hall–Kier alpha value is -3.76. The van der Waals surface area contributed by atoms with Crippen LogP contribution in [-0.4, -0.2) is 59.3 Å². The molecular weight excluding hydrogens is 420 g/mol. The van der Waals surface area contributed by atoms with Crippen LogP contribution >= 0.6 is 0 Å². The number of rotatable bonds is 12. The van der Waals surface area contributed by atoms with Crippen molar-refractivity contribution in [2.24, 2.45) is 16.0 Å². The van der Waals surface area contributed by atoms with Gasteiger partial charge in [-0.05, 0) is 24.4 Å². The zero-order valence-electron chi connectivity index (χ0n) is 17.7. The molecule has 1 aliphatic heterocycles. The summed E-state index contributed by atoms with van der Waals surface area (Å²) >= 11 is 0. The maximum atomic E-state index is 12.3. The molecular formula is C20H24N6O6. The summed E-state index contributed by atoms with van der Waals surface area (Å²) in [6.07, 6.45) is 0.947. The molecule has 0 aliphatic carbocycles. The van der Waals surface area contributed by atoms with Crippen LogP contribution < -0.4 is 0 Å². The second kappa shape index (κ2) is 11.6. The Labute approximate surface area is 184 Å². The summed E-state index contributed by atoms with van der Waals surface area (Å²) in [5, 5.41) is 24.5. The van der Waals surface area contributed by atoms with E-state index in [0.717, 1.165) is 0 Å². The first-order valence-corrected chi connectivity index (χ1v) is 9.97. The van der Waals surface area contributed by atoms with Crippen LogP contribution in [0.3, 0.4) is 0 Å². The number of aliphatic carboxylic acids is 1. The van der Waals surface area contributed by atoms with Crippen LogP contribution in [-0.2, 0) is 14.3 Å². The van der Waals surface area contributed by atoms with Crippen LogP contribution in [0.25, 0.3) is 10.4 Å². The van der Waals surface area contributed by atoms with Crippen molar-refractivity contribution in [1.82, 2.24) is 4.90 Å². The minimum atomic E-state index is -1.11. The first-order chi connectivity index (χ1) is 15.4. The zero-order chi connectivity index (χ0) is 23.7. The number of amides is 1. The second-order valence-electron chi connectivity index (χ2n) is 6.83. The number of non-ortho nitro benzene ring substituents is 1. The number of carbonyl (C=O) groups excluding carboxylic acids is 1. The number of carbonyl (C=O) groups is 2. The number of aliphatic imine (C=N–C) groups is 1. The molecule has 0 radical (unpaired) electrons. The lowest BCUT2D eigenvalue weighted by molar-refractivity contribution is -0.384. The molecule has 1 amide bonds. The highest BCUT2D eigenvalue weighted by molar-refractivity contribution is 6.04. The van der Waals surface area contributed by atoms with E-state index in [4.69, 9.17) is 10.3 Å². The second-order valence-corrected chi connectivity index (χ2v) is 6.83. The maximum Gasteiger partial charge on any atom is 0.313 e. The van der Waals surface area contributed by atoms with E-state index in [9.17, 15) is 24.8 Å². The number of benzene rings is 1. The van der Waals surface area contributed by atoms with Gasteiger partial charge in [0.15, 0.2) is 0 Å². The smallest absolute Gasteiger partial charge is 0.313 e. The van der Waals surface area contributed by atoms with Crippen molar-refractivity contribution < 1.29 is 24.4 Å². The van der Waals surface area contributed by atoms with Gasteiger partial charge < -0.3 is 14.7 Å². The highest BCUT2D eigenvalue weighted by atomic mass is 16.6. The van der Waals surface area contributed by atoms with E-state index >= 15 is 0 Å². The van der Waals surface area contributed by atoms with Crippen LogP contribution in [0.2, 0.25) is 0 Å². The third-order valence-electron chi connectivity index (χ3n) is 5.07. The number of nitro benzene ring substituents is 1. The molecule has 0 fully saturated rings. The number of nitrogens with zero attached hydrogens (tertiary/aromatic N) is 6. The number of allylic oxidation sites excluding steroid dienone is 1. The van der Waals surface area contributed by atoms with Gasteiger partial charge >= 0.3 is 5.97 Å². The molecule has 1 aromatic rings. The van der Waals surface area contributed by atoms with E-state index in [1.54, 1.807) is 13.8 Å². The first kappa shape index (κ1) is 24.5. The Morgan fingerprint density at radius 1 is 1.41 bits per heavy atom. The molecule has 2 rings (SSSR count). The zero-order valence-corrected chi connectivity index (χ0v) is 17.7. The molecule has 12 heteroatoms. The third kappa shape index (κ3) is 5.48. The summed E-state index contributed by atoms with van der Waals surface area (Å²) in [5.74, 6) is -2.98. The van der Waals surface area contributed by atoms with Crippen molar-refractivity contribution in [2.45, 2.75) is 26.2 Å². The van der Waals surface area contributed by atoms with Crippen LogP contribution in [0.5, 0.6) is 0 Å². The first-order valence-electron chi connectivity index (χ1n) is 9.97. The van der Waals surface area contributed by atoms with Gasteiger partial charge in [0.1, 0.15) is 5.92 Å². The number of nitro groups is 1. The summed E-state index contributed by atoms with van der Waals surface area (Å²) in [5.41, 5.74) is 9.92. The van der Waals surface area contributed by atoms with Gasteiger partial charge in [-0.25, -0.2) is 0 Å². The van der Waals surface area contributed by atoms with E-state index in [0.29, 0.717) is 35.5 Å². The molecule has 170 valence electrons. The SMILES string of the molecule is CCC1=NC(COCCN=[N+]=[N-])=C(N(C=O)CC)C(c2ccc([N+](=O)[O-])cc2)C1C(=O)O. The fraction of sp³-hybridized carbons (Fsp3) is 0.450. The number of ether oxygens (including phenoxy) is 1. The average Bonchev–Trinajstić information content (AvgIpc) is 2.79. The fourth-order valence-corrected chi connectivity index (χ4v) is 3.64. The molecule has 0 spiro atoms. The standard InChI is InChI=1S/C20H24N6O6/c1-3-15-18(20(28)29)17(13-5-7-14(8-6-13)26(30)31)19(25(4-2)12-27)16(23-15)11-32-10-9-22-24-21/h5-8,12,17-18H,3-4,9-11H2,1-2H3,(H,28,29). The normalized spacial score (nSPS) is 17.9. The minimum Gasteiger partial charge on any atom is -0.481 e. The van der Waals surface area contributed by atoms with Gasteiger partial charge in [-0.2, -0.15) is 0 Å². The lowest BCUT2D eigenvalue weighted by Crippen LogP contribution is -2.40. The molecule has 12 nitrogen and oxygen atoms in total. The van der Waals surface area contributed by atoms with Crippen molar-refractivity contribution in [1.29, 1.82) is 0 Å². The van der Waals surface area contributed by atoms with Gasteiger partial charge in [0.25, 0.3) is 5.69 Å². The number of carboxylic acids is 1. The van der Waals surface area contributed by atoms with Crippen LogP contribution in [0.15, 0.2) is 45.8 Å². The Kier molecular flexibility index (Phi) is 8.87. The van der Waals surface area contributed by atoms with E-state index in [1.165, 1.54) is 29.2 Å². The Morgan fingerprint density at radius 3 is 2.59 bits per heavy atom. The summed E-state index contributed by atoms with van der Waals surface area (Å²) in [4.78, 5) is 43.2. The van der Waals surface area contributed by atoms with Crippen LogP contribution in [0.4, 0.5) is 5.69 Å². The summed E-state index contributed by atoms with van der Waals surface area (Å²) < 4.78 is 5.56. The molecule has 2 atom stereocenters. The van der Waals surface area contributed by atoms with Crippen LogP contribution in [0, 0.1) is 16.0 Å². The summed E-state index contributed by atoms with van der Waals surface area (Å²) in [6, 6.07) is 5.60. The van der Waals surface area contributed by atoms with Gasteiger partial charge in [-0.1, -0.05) is 24.2 Å². The molecule has 0 saturated carbocycles. The highest BCUT2D eigenvalue weighted by Gasteiger charge is 2.42. The maximum absolute atomic E-state index is 12.3. The number of carboxylic acid groups (broad SMARTS) is 1. The van der Waals surface area contributed by atoms with Gasteiger partial charge in [0.05, 0.1) is 29.5 Å². The van der Waals surface area contributed by atoms with Gasteiger partial charge in [0.2, 0.25) is 6.41 Å². The van der Waals surface area contributed by atoms with Crippen molar-refractivity contribution in [2.75, 3.05) is 26.3 Å². The van der Waals surface area contributed by atoms with Gasteiger partial charge in [-0.3, -0.25) is 24.7 Å². The quantitative estimate of drug-likeness (QED) is 0.0985. The topological polar surface area (TPSA) is 171 Å². The fourth-order valence-electron chi connectivity index (χ4n) is 3.64. The Morgan fingerprint density at radius 2 is 2.09 bits per heavy atom. The van der Waals surface area contributed by atoms with Crippen molar-refractivity contribution in [3.8, 4) is 0 Å². The average molecular weight is 444 g/mol. The molecule has 0 aromatic heterocycles. The molecule has 1 aromatic carbocycles. The monoisotopic (exact) mass is 444 g/mol. The van der Waals surface area contributed by atoms with E-state index < -0.39 is 22.7 Å². The van der Waals surface area contributed by atoms with E-state index in [2.05, 4.69) is 15.0 Å². The molecule has 1 N–H and O–H groups in total. The summed E-state index contributed by atoms with van der Waals surface area (Å²) in [6.45, 7) is 3.98. The molecule has 1 aliphatic rings. The Bertz CT molecular complexity index is 967. The van der Waals surface area contributed by atoms with Gasteiger partial charge in [0, 0.05) is 41.8 Å². The minimum absolute atomic E-state index is 0.0278. The number of hydrogen-bond donors (Lipinski definition) is 1. The highest BCUT2D eigenvalue weighted by Crippen LogP contribution is 2.41. The van der Waals surface area contributed by atoms with Crippen molar-refractivity contribution >= 4 is 23.8 Å². The Balaban J connectivity index is 2.63. The summed E-state index contributed by atoms with van der Waals surface area (Å²) in [7, 11) is 0.